The van der Waals surface area contributed by atoms with Crippen molar-refractivity contribution in [2.75, 3.05) is 33.3 Å². The lowest BCUT2D eigenvalue weighted by atomic mass is 9.93. The van der Waals surface area contributed by atoms with Crippen LogP contribution >= 0.6 is 0 Å². The zero-order valence-electron chi connectivity index (χ0n) is 13.0. The van der Waals surface area contributed by atoms with Crippen molar-refractivity contribution in [2.24, 2.45) is 11.1 Å². The zero-order chi connectivity index (χ0) is 15.2. The Balaban J connectivity index is 2.47. The molecule has 0 spiro atoms. The highest BCUT2D eigenvalue weighted by atomic mass is 16.5. The van der Waals surface area contributed by atoms with E-state index in [1.165, 1.54) is 0 Å². The molecule has 0 aliphatic heterocycles. The van der Waals surface area contributed by atoms with Crippen LogP contribution in [0, 0.1) is 5.41 Å². The Bertz CT molecular complexity index is 444. The van der Waals surface area contributed by atoms with Gasteiger partial charge in [-0.3, -0.25) is 4.79 Å². The summed E-state index contributed by atoms with van der Waals surface area (Å²) < 4.78 is 5.72. The van der Waals surface area contributed by atoms with Gasteiger partial charge in [-0.25, -0.2) is 0 Å². The van der Waals surface area contributed by atoms with Crippen LogP contribution in [-0.4, -0.2) is 44.0 Å². The summed E-state index contributed by atoms with van der Waals surface area (Å²) in [4.78, 5) is 13.7. The second kappa shape index (κ2) is 7.41. The highest BCUT2D eigenvalue weighted by molar-refractivity contribution is 5.96. The van der Waals surface area contributed by atoms with Crippen LogP contribution in [0.1, 0.15) is 31.1 Å². The molecule has 0 saturated carbocycles. The van der Waals surface area contributed by atoms with Crippen LogP contribution in [0.2, 0.25) is 0 Å². The molecule has 0 bridgehead atoms. The second-order valence-corrected chi connectivity index (χ2v) is 6.01. The smallest absolute Gasteiger partial charge is 0.163 e. The van der Waals surface area contributed by atoms with E-state index in [0.717, 1.165) is 13.1 Å². The van der Waals surface area contributed by atoms with Crippen LogP contribution in [-0.2, 0) is 0 Å². The molecule has 0 amide bonds. The van der Waals surface area contributed by atoms with Gasteiger partial charge in [0.15, 0.2) is 5.78 Å². The highest BCUT2D eigenvalue weighted by Gasteiger charge is 2.18. The predicted octanol–water partition coefficient (Wildman–Crippen LogP) is 2.18. The average molecular weight is 278 g/mol. The van der Waals surface area contributed by atoms with E-state index in [0.29, 0.717) is 24.5 Å². The van der Waals surface area contributed by atoms with Gasteiger partial charge in [0, 0.05) is 13.1 Å². The summed E-state index contributed by atoms with van der Waals surface area (Å²) in [5, 5.41) is 0. The zero-order valence-corrected chi connectivity index (χ0v) is 13.0. The van der Waals surface area contributed by atoms with E-state index >= 15 is 0 Å². The van der Waals surface area contributed by atoms with Crippen molar-refractivity contribution in [3.63, 3.8) is 0 Å². The molecular formula is C16H26N2O2. The van der Waals surface area contributed by atoms with Crippen molar-refractivity contribution in [1.82, 2.24) is 4.90 Å². The van der Waals surface area contributed by atoms with Gasteiger partial charge in [-0.1, -0.05) is 26.0 Å². The van der Waals surface area contributed by atoms with E-state index in [-0.39, 0.29) is 11.2 Å². The molecule has 0 fully saturated rings. The monoisotopic (exact) mass is 278 g/mol. The van der Waals surface area contributed by atoms with Crippen LogP contribution < -0.4 is 10.5 Å². The fourth-order valence-corrected chi connectivity index (χ4v) is 2.07. The Labute approximate surface area is 121 Å². The second-order valence-electron chi connectivity index (χ2n) is 6.01. The fraction of sp³-hybridized carbons (Fsp3) is 0.562. The molecule has 0 aromatic heterocycles. The Morgan fingerprint density at radius 3 is 2.60 bits per heavy atom. The summed E-state index contributed by atoms with van der Waals surface area (Å²) in [5.41, 5.74) is 6.47. The van der Waals surface area contributed by atoms with Crippen molar-refractivity contribution in [3.05, 3.63) is 29.8 Å². The molecule has 0 aliphatic carbocycles. The van der Waals surface area contributed by atoms with Gasteiger partial charge in [0.2, 0.25) is 0 Å². The standard InChI is InChI=1S/C16H26N2O2/c1-13(19)14-7-5-6-8-15(14)20-10-9-18(4)12-16(2,3)11-17/h5-8H,9-12,17H2,1-4H3. The molecule has 0 saturated heterocycles. The molecule has 4 heteroatoms. The highest BCUT2D eigenvalue weighted by Crippen LogP contribution is 2.18. The first-order valence-electron chi connectivity index (χ1n) is 6.97. The summed E-state index contributed by atoms with van der Waals surface area (Å²) >= 11 is 0. The van der Waals surface area contributed by atoms with E-state index < -0.39 is 0 Å². The van der Waals surface area contributed by atoms with Crippen LogP contribution in [0.3, 0.4) is 0 Å². The maximum absolute atomic E-state index is 11.5. The van der Waals surface area contributed by atoms with Crippen LogP contribution in [0.4, 0.5) is 0 Å². The number of nitrogens with two attached hydrogens (primary N) is 1. The number of ketones is 1. The molecule has 0 radical (unpaired) electrons. The van der Waals surface area contributed by atoms with Gasteiger partial charge < -0.3 is 15.4 Å². The molecule has 0 aliphatic rings. The quantitative estimate of drug-likeness (QED) is 0.741. The third-order valence-electron chi connectivity index (χ3n) is 3.25. The Morgan fingerprint density at radius 1 is 1.35 bits per heavy atom. The molecule has 20 heavy (non-hydrogen) atoms. The van der Waals surface area contributed by atoms with Crippen molar-refractivity contribution >= 4 is 5.78 Å². The molecule has 1 aromatic carbocycles. The number of ether oxygens (including phenoxy) is 1. The average Bonchev–Trinajstić information content (AvgIpc) is 2.38. The SMILES string of the molecule is CC(=O)c1ccccc1OCCN(C)CC(C)(C)CN. The number of likely N-dealkylation sites (N-methyl/N-ethyl adjacent to an activating group) is 1. The number of nitrogens with zero attached hydrogens (tertiary/aromatic N) is 1. The van der Waals surface area contributed by atoms with E-state index in [2.05, 4.69) is 25.8 Å². The van der Waals surface area contributed by atoms with Crippen molar-refractivity contribution < 1.29 is 9.53 Å². The van der Waals surface area contributed by atoms with E-state index in [9.17, 15) is 4.79 Å². The minimum Gasteiger partial charge on any atom is -0.491 e. The first kappa shape index (κ1) is 16.7. The number of carbonyl (C=O) groups excluding carboxylic acids is 1. The third kappa shape index (κ3) is 5.31. The first-order chi connectivity index (χ1) is 9.35. The van der Waals surface area contributed by atoms with Gasteiger partial charge in [-0.05, 0) is 38.1 Å². The molecule has 0 unspecified atom stereocenters. The number of benzene rings is 1. The van der Waals surface area contributed by atoms with Gasteiger partial charge in [-0.2, -0.15) is 0 Å². The number of hydrogen-bond donors (Lipinski definition) is 1. The first-order valence-corrected chi connectivity index (χ1v) is 6.97. The molecule has 4 nitrogen and oxygen atoms in total. The lowest BCUT2D eigenvalue weighted by Gasteiger charge is -2.28. The maximum atomic E-state index is 11.5. The summed E-state index contributed by atoms with van der Waals surface area (Å²) in [5.74, 6) is 0.685. The van der Waals surface area contributed by atoms with Crippen LogP contribution in [0.15, 0.2) is 24.3 Å². The minimum atomic E-state index is 0.0261. The molecular weight excluding hydrogens is 252 g/mol. The minimum absolute atomic E-state index is 0.0261. The lowest BCUT2D eigenvalue weighted by molar-refractivity contribution is 0.101. The largest absolute Gasteiger partial charge is 0.491 e. The molecule has 1 rings (SSSR count). The number of rotatable bonds is 8. The van der Waals surface area contributed by atoms with Crippen molar-refractivity contribution in [1.29, 1.82) is 0 Å². The Hall–Kier alpha value is -1.39. The lowest BCUT2D eigenvalue weighted by Crippen LogP contribution is -2.38. The van der Waals surface area contributed by atoms with Gasteiger partial charge in [0.1, 0.15) is 12.4 Å². The fourth-order valence-electron chi connectivity index (χ4n) is 2.07. The summed E-state index contributed by atoms with van der Waals surface area (Å²) in [7, 11) is 2.05. The van der Waals surface area contributed by atoms with Crippen molar-refractivity contribution in [2.45, 2.75) is 20.8 Å². The van der Waals surface area contributed by atoms with Crippen LogP contribution in [0.5, 0.6) is 5.75 Å². The van der Waals surface area contributed by atoms with E-state index in [1.54, 1.807) is 13.0 Å². The number of hydrogen-bond acceptors (Lipinski definition) is 4. The predicted molar refractivity (Wildman–Crippen MR) is 82.3 cm³/mol. The molecule has 0 atom stereocenters. The van der Waals surface area contributed by atoms with Gasteiger partial charge in [-0.15, -0.1) is 0 Å². The molecule has 0 heterocycles. The Morgan fingerprint density at radius 2 is 2.00 bits per heavy atom. The van der Waals surface area contributed by atoms with Gasteiger partial charge in [0.25, 0.3) is 0 Å². The number of para-hydroxylation sites is 1. The van der Waals surface area contributed by atoms with E-state index in [4.69, 9.17) is 10.5 Å². The van der Waals surface area contributed by atoms with Gasteiger partial charge in [0.05, 0.1) is 5.56 Å². The normalized spacial score (nSPS) is 11.7. The molecule has 2 N–H and O–H groups in total. The Kier molecular flexibility index (Phi) is 6.17. The maximum Gasteiger partial charge on any atom is 0.163 e. The molecule has 112 valence electrons. The third-order valence-corrected chi connectivity index (χ3v) is 3.25. The van der Waals surface area contributed by atoms with Crippen molar-refractivity contribution in [3.8, 4) is 5.75 Å². The van der Waals surface area contributed by atoms with Gasteiger partial charge >= 0.3 is 0 Å². The molecule has 1 aromatic rings. The summed E-state index contributed by atoms with van der Waals surface area (Å²) in [6.45, 7) is 8.78. The van der Waals surface area contributed by atoms with Crippen LogP contribution in [0.25, 0.3) is 0 Å². The van der Waals surface area contributed by atoms with E-state index in [1.807, 2.05) is 18.2 Å². The summed E-state index contributed by atoms with van der Waals surface area (Å²) in [6.07, 6.45) is 0. The summed E-state index contributed by atoms with van der Waals surface area (Å²) in [6, 6.07) is 7.35. The number of Topliss-reactive ketones (excluding diaryl/α,β-unsaturated/α-hetero) is 1. The topological polar surface area (TPSA) is 55.6 Å². The number of carbonyl (C=O) groups is 1.